The highest BCUT2D eigenvalue weighted by Crippen LogP contribution is 2.15. The van der Waals surface area contributed by atoms with E-state index in [4.69, 9.17) is 0 Å². The number of carbonyl (C=O) groups is 1. The van der Waals surface area contributed by atoms with E-state index in [1.807, 2.05) is 0 Å². The fourth-order valence-corrected chi connectivity index (χ4v) is 1.96. The Bertz CT molecular complexity index is 212. The molecule has 0 N–H and O–H groups in total. The van der Waals surface area contributed by atoms with Gasteiger partial charge in [0.05, 0.1) is 0 Å². The van der Waals surface area contributed by atoms with Gasteiger partial charge in [0.1, 0.15) is 5.78 Å². The first kappa shape index (κ1) is 12.7. The molecule has 1 aliphatic rings. The van der Waals surface area contributed by atoms with Gasteiger partial charge in [0.2, 0.25) is 0 Å². The second-order valence-corrected chi connectivity index (χ2v) is 5.45. The molecule has 0 aliphatic carbocycles. The average molecular weight is 212 g/mol. The third-order valence-corrected chi connectivity index (χ3v) is 3.10. The summed E-state index contributed by atoms with van der Waals surface area (Å²) in [7, 11) is 0. The lowest BCUT2D eigenvalue weighted by molar-refractivity contribution is -0.117. The maximum Gasteiger partial charge on any atom is 0.131 e. The third-order valence-electron chi connectivity index (χ3n) is 3.10. The van der Waals surface area contributed by atoms with Crippen molar-refractivity contribution in [2.75, 3.05) is 32.7 Å². The van der Waals surface area contributed by atoms with E-state index in [0.717, 1.165) is 32.7 Å². The molecule has 1 fully saturated rings. The predicted molar refractivity (Wildman–Crippen MR) is 63.1 cm³/mol. The molecule has 88 valence electrons. The number of hydrogen-bond donors (Lipinski definition) is 0. The van der Waals surface area contributed by atoms with Crippen LogP contribution in [0, 0.1) is 0 Å². The Kier molecular flexibility index (Phi) is 4.29. The topological polar surface area (TPSA) is 23.6 Å². The highest BCUT2D eigenvalue weighted by Gasteiger charge is 2.25. The molecule has 0 atom stereocenters. The van der Waals surface area contributed by atoms with Crippen molar-refractivity contribution in [3.8, 4) is 0 Å². The van der Waals surface area contributed by atoms with Gasteiger partial charge in [0.25, 0.3) is 0 Å². The molecule has 1 saturated heterocycles. The number of rotatable bonds is 3. The van der Waals surface area contributed by atoms with E-state index in [1.54, 1.807) is 6.92 Å². The quantitative estimate of drug-likeness (QED) is 0.706. The van der Waals surface area contributed by atoms with E-state index in [0.29, 0.717) is 12.2 Å². The summed E-state index contributed by atoms with van der Waals surface area (Å²) in [6.07, 6.45) is 0.704. The molecular weight excluding hydrogens is 188 g/mol. The lowest BCUT2D eigenvalue weighted by Gasteiger charge is -2.42. The number of piperazine rings is 1. The van der Waals surface area contributed by atoms with Crippen molar-refractivity contribution in [3.05, 3.63) is 0 Å². The summed E-state index contributed by atoms with van der Waals surface area (Å²) in [6.45, 7) is 13.9. The van der Waals surface area contributed by atoms with Gasteiger partial charge in [-0.1, -0.05) is 0 Å². The fraction of sp³-hybridized carbons (Fsp3) is 0.917. The molecule has 0 aromatic rings. The van der Waals surface area contributed by atoms with Crippen LogP contribution in [-0.2, 0) is 4.79 Å². The van der Waals surface area contributed by atoms with Crippen molar-refractivity contribution in [1.82, 2.24) is 9.80 Å². The predicted octanol–water partition coefficient (Wildman–Crippen LogP) is 1.38. The van der Waals surface area contributed by atoms with Crippen molar-refractivity contribution in [3.63, 3.8) is 0 Å². The summed E-state index contributed by atoms with van der Waals surface area (Å²) in [6, 6.07) is 0. The van der Waals surface area contributed by atoms with Crippen molar-refractivity contribution in [2.45, 2.75) is 39.7 Å². The van der Waals surface area contributed by atoms with E-state index in [9.17, 15) is 4.79 Å². The summed E-state index contributed by atoms with van der Waals surface area (Å²) in [5, 5.41) is 0. The van der Waals surface area contributed by atoms with Crippen LogP contribution >= 0.6 is 0 Å². The summed E-state index contributed by atoms with van der Waals surface area (Å²) < 4.78 is 0. The van der Waals surface area contributed by atoms with Gasteiger partial charge >= 0.3 is 0 Å². The molecule has 3 nitrogen and oxygen atoms in total. The molecule has 0 amide bonds. The van der Waals surface area contributed by atoms with Gasteiger partial charge in [-0.2, -0.15) is 0 Å². The molecule has 0 unspecified atom stereocenters. The van der Waals surface area contributed by atoms with Crippen LogP contribution in [0.2, 0.25) is 0 Å². The number of ketones is 1. The van der Waals surface area contributed by atoms with Crippen molar-refractivity contribution in [2.24, 2.45) is 0 Å². The molecule has 0 radical (unpaired) electrons. The van der Waals surface area contributed by atoms with Crippen molar-refractivity contribution < 1.29 is 4.79 Å². The Morgan fingerprint density at radius 1 is 1.13 bits per heavy atom. The van der Waals surface area contributed by atoms with E-state index < -0.39 is 0 Å². The molecule has 1 aliphatic heterocycles. The van der Waals surface area contributed by atoms with Crippen molar-refractivity contribution >= 4 is 5.78 Å². The normalized spacial score (nSPS) is 20.5. The Labute approximate surface area is 93.4 Å². The minimum Gasteiger partial charge on any atom is -0.300 e. The number of nitrogens with zero attached hydrogens (tertiary/aromatic N) is 2. The van der Waals surface area contributed by atoms with Crippen LogP contribution in [0.1, 0.15) is 34.1 Å². The number of hydrogen-bond acceptors (Lipinski definition) is 3. The minimum absolute atomic E-state index is 0.284. The second-order valence-electron chi connectivity index (χ2n) is 5.45. The molecular formula is C12H24N2O. The van der Waals surface area contributed by atoms with Crippen LogP contribution in [0.5, 0.6) is 0 Å². The molecule has 0 bridgehead atoms. The third kappa shape index (κ3) is 4.31. The Morgan fingerprint density at radius 3 is 2.07 bits per heavy atom. The van der Waals surface area contributed by atoms with Crippen LogP contribution in [0.25, 0.3) is 0 Å². The number of Topliss-reactive ketones (excluding diaryl/α,β-unsaturated/α-hetero) is 1. The molecule has 0 aromatic heterocycles. The molecule has 3 heteroatoms. The highest BCUT2D eigenvalue weighted by atomic mass is 16.1. The van der Waals surface area contributed by atoms with Crippen LogP contribution in [-0.4, -0.2) is 53.8 Å². The minimum atomic E-state index is 0.284. The van der Waals surface area contributed by atoms with Crippen LogP contribution in [0.4, 0.5) is 0 Å². The van der Waals surface area contributed by atoms with Gasteiger partial charge in [0, 0.05) is 44.7 Å². The van der Waals surface area contributed by atoms with E-state index in [-0.39, 0.29) is 5.54 Å². The molecule has 0 saturated carbocycles. The lowest BCUT2D eigenvalue weighted by Crippen LogP contribution is -2.53. The SMILES string of the molecule is CC(=O)CCN1CCN(C(C)(C)C)CC1. The van der Waals surface area contributed by atoms with Gasteiger partial charge in [-0.3, -0.25) is 9.69 Å². The summed E-state index contributed by atoms with van der Waals surface area (Å²) in [5.41, 5.74) is 0.284. The summed E-state index contributed by atoms with van der Waals surface area (Å²) in [5.74, 6) is 0.299. The zero-order valence-electron chi connectivity index (χ0n) is 10.5. The van der Waals surface area contributed by atoms with E-state index in [2.05, 4.69) is 30.6 Å². The second kappa shape index (κ2) is 5.08. The van der Waals surface area contributed by atoms with Crippen LogP contribution in [0.3, 0.4) is 0 Å². The first-order valence-electron chi connectivity index (χ1n) is 5.86. The van der Waals surface area contributed by atoms with Crippen molar-refractivity contribution in [1.29, 1.82) is 0 Å². The van der Waals surface area contributed by atoms with Gasteiger partial charge in [0.15, 0.2) is 0 Å². The standard InChI is InChI=1S/C12H24N2O/c1-11(15)5-6-13-7-9-14(10-8-13)12(2,3)4/h5-10H2,1-4H3. The zero-order chi connectivity index (χ0) is 11.5. The Hall–Kier alpha value is -0.410. The zero-order valence-corrected chi connectivity index (χ0v) is 10.5. The van der Waals surface area contributed by atoms with Gasteiger partial charge in [-0.25, -0.2) is 0 Å². The highest BCUT2D eigenvalue weighted by molar-refractivity contribution is 5.75. The molecule has 1 heterocycles. The lowest BCUT2D eigenvalue weighted by atomic mass is 10.0. The fourth-order valence-electron chi connectivity index (χ4n) is 1.96. The smallest absolute Gasteiger partial charge is 0.131 e. The summed E-state index contributed by atoms with van der Waals surface area (Å²) >= 11 is 0. The average Bonchev–Trinajstić information content (AvgIpc) is 2.14. The Balaban J connectivity index is 2.27. The van der Waals surface area contributed by atoms with Gasteiger partial charge in [-0.05, 0) is 27.7 Å². The van der Waals surface area contributed by atoms with Gasteiger partial charge < -0.3 is 4.90 Å². The van der Waals surface area contributed by atoms with Crippen LogP contribution in [0.15, 0.2) is 0 Å². The first-order valence-corrected chi connectivity index (χ1v) is 5.86. The van der Waals surface area contributed by atoms with E-state index >= 15 is 0 Å². The molecule has 1 rings (SSSR count). The molecule has 0 aromatic carbocycles. The number of carbonyl (C=O) groups excluding carboxylic acids is 1. The van der Waals surface area contributed by atoms with Crippen LogP contribution < -0.4 is 0 Å². The van der Waals surface area contributed by atoms with Gasteiger partial charge in [-0.15, -0.1) is 0 Å². The summed E-state index contributed by atoms with van der Waals surface area (Å²) in [4.78, 5) is 15.8. The Morgan fingerprint density at radius 2 is 1.67 bits per heavy atom. The largest absolute Gasteiger partial charge is 0.300 e. The van der Waals surface area contributed by atoms with E-state index in [1.165, 1.54) is 0 Å². The monoisotopic (exact) mass is 212 g/mol. The molecule has 15 heavy (non-hydrogen) atoms. The first-order chi connectivity index (χ1) is 6.89. The molecule has 0 spiro atoms. The maximum absolute atomic E-state index is 10.9. The maximum atomic E-state index is 10.9.